The van der Waals surface area contributed by atoms with Crippen molar-refractivity contribution in [2.24, 2.45) is 0 Å². The van der Waals surface area contributed by atoms with Crippen LogP contribution in [0.25, 0.3) is 0 Å². The highest BCUT2D eigenvalue weighted by Crippen LogP contribution is 2.26. The van der Waals surface area contributed by atoms with Gasteiger partial charge in [-0.2, -0.15) is 0 Å². The van der Waals surface area contributed by atoms with E-state index in [0.29, 0.717) is 0 Å². The Labute approximate surface area is 487 Å². The first-order valence-electron chi connectivity index (χ1n) is 30.0. The quantitative estimate of drug-likeness (QED) is 0.0347. The Kier molecular flexibility index (Phi) is 117. The highest BCUT2D eigenvalue weighted by Gasteiger charge is 2.01. The van der Waals surface area contributed by atoms with Crippen LogP contribution in [0.2, 0.25) is 0 Å². The van der Waals surface area contributed by atoms with Crippen LogP contribution >= 0.6 is 23.5 Å². The molecule has 0 aromatic rings. The first kappa shape index (κ1) is 106. The summed E-state index contributed by atoms with van der Waals surface area (Å²) in [6.07, 6.45) is 0. The predicted molar refractivity (Wildman–Crippen MR) is 344 cm³/mol. The SMILES string of the molecule is CCN(CC)CC.CCN(CC)CC.CCN(CC)CC.CCN(CC)CC.CCN(CC)CC.CCN(CC)CC.CCN(CC)CC.CCN(CC)CC.CCN(CC)CC.O=P(O)(O)O.O=P(O)(O)O.O=P(O)(O)O. The third-order valence-corrected chi connectivity index (χ3v) is 12.1. The maximum Gasteiger partial charge on any atom is 0.466 e. The van der Waals surface area contributed by atoms with Crippen LogP contribution in [0.5, 0.6) is 0 Å². The average molecular weight is 1200 g/mol. The van der Waals surface area contributed by atoms with Crippen LogP contribution in [-0.2, 0) is 13.7 Å². The zero-order chi connectivity index (χ0) is 64.8. The molecule has 0 radical (unpaired) electrons. The number of hydrogen-bond acceptors (Lipinski definition) is 12. The number of phosphoric acid groups is 3. The van der Waals surface area contributed by atoms with E-state index < -0.39 is 23.5 Å². The number of rotatable bonds is 27. The summed E-state index contributed by atoms with van der Waals surface area (Å²) in [4.78, 5) is 86.1. The molecule has 24 heteroatoms. The molecule has 0 aliphatic rings. The van der Waals surface area contributed by atoms with Gasteiger partial charge in [0.25, 0.3) is 0 Å². The van der Waals surface area contributed by atoms with Crippen LogP contribution in [0, 0.1) is 0 Å². The number of nitrogens with zero attached hydrogens (tertiary/aromatic N) is 9. The molecule has 0 atom stereocenters. The summed E-state index contributed by atoms with van der Waals surface area (Å²) in [6.45, 7) is 91.1. The van der Waals surface area contributed by atoms with E-state index in [-0.39, 0.29) is 0 Å². The fraction of sp³-hybridized carbons (Fsp3) is 1.00. The van der Waals surface area contributed by atoms with E-state index in [1.807, 2.05) is 0 Å². The molecule has 0 fully saturated rings. The zero-order valence-electron chi connectivity index (χ0n) is 56.7. The minimum Gasteiger partial charge on any atom is -0.304 e. The summed E-state index contributed by atoms with van der Waals surface area (Å²) in [5, 5.41) is 0. The molecule has 78 heavy (non-hydrogen) atoms. The van der Waals surface area contributed by atoms with Crippen LogP contribution in [0.15, 0.2) is 0 Å². The maximum atomic E-state index is 8.88. The van der Waals surface area contributed by atoms with Gasteiger partial charge in [-0.25, -0.2) is 13.7 Å². The van der Waals surface area contributed by atoms with Crippen LogP contribution in [-0.4, -0.2) is 265 Å². The molecule has 21 nitrogen and oxygen atoms in total. The van der Waals surface area contributed by atoms with E-state index in [0.717, 1.165) is 0 Å². The van der Waals surface area contributed by atoms with Gasteiger partial charge in [0.05, 0.1) is 0 Å². The van der Waals surface area contributed by atoms with Gasteiger partial charge in [0.15, 0.2) is 0 Å². The third kappa shape index (κ3) is 147. The summed E-state index contributed by atoms with van der Waals surface area (Å²) in [6, 6.07) is 0. The Morgan fingerprint density at radius 3 is 0.179 bits per heavy atom. The molecule has 9 N–H and O–H groups in total. The lowest BCUT2D eigenvalue weighted by Gasteiger charge is -2.13. The molecule has 0 aromatic carbocycles. The molecule has 492 valence electrons. The lowest BCUT2D eigenvalue weighted by molar-refractivity contribution is 0.272. The molecule has 0 saturated carbocycles. The largest absolute Gasteiger partial charge is 0.466 e. The lowest BCUT2D eigenvalue weighted by Crippen LogP contribution is -2.21. The minimum atomic E-state index is -4.64. The fourth-order valence-electron chi connectivity index (χ4n) is 6.04. The summed E-state index contributed by atoms with van der Waals surface area (Å²) < 4.78 is 26.6. The standard InChI is InChI=1S/9C6H15N.3H3O4P/c9*1-4-7(5-2)6-3;3*1-5(2,3)4/h9*4-6H2,1-3H3;3*(H3,1,2,3,4). The van der Waals surface area contributed by atoms with Crippen molar-refractivity contribution in [3.05, 3.63) is 0 Å². The van der Waals surface area contributed by atoms with Gasteiger partial charge in [-0.1, -0.05) is 187 Å². The fourth-order valence-corrected chi connectivity index (χ4v) is 6.04. The molecular weight excluding hydrogens is 1060 g/mol. The molecule has 0 spiro atoms. The van der Waals surface area contributed by atoms with Gasteiger partial charge < -0.3 is 88.1 Å². The molecule has 0 aliphatic carbocycles. The molecule has 0 unspecified atom stereocenters. The van der Waals surface area contributed by atoms with Gasteiger partial charge in [0.1, 0.15) is 0 Å². The van der Waals surface area contributed by atoms with Crippen molar-refractivity contribution in [1.29, 1.82) is 0 Å². The van der Waals surface area contributed by atoms with E-state index in [4.69, 9.17) is 57.7 Å². The van der Waals surface area contributed by atoms with E-state index in [1.54, 1.807) is 0 Å². The highest BCUT2D eigenvalue weighted by atomic mass is 31.2. The second-order valence-corrected chi connectivity index (χ2v) is 19.2. The van der Waals surface area contributed by atoms with Crippen molar-refractivity contribution < 1.29 is 57.7 Å². The van der Waals surface area contributed by atoms with Crippen LogP contribution in [0.4, 0.5) is 0 Å². The second kappa shape index (κ2) is 85.8. The normalized spacial score (nSPS) is 10.6. The smallest absolute Gasteiger partial charge is 0.304 e. The Bertz CT molecular complexity index is 812. The molecule has 0 aromatic heterocycles. The zero-order valence-corrected chi connectivity index (χ0v) is 59.4. The van der Waals surface area contributed by atoms with Crippen molar-refractivity contribution in [3.8, 4) is 0 Å². The van der Waals surface area contributed by atoms with Gasteiger partial charge in [0, 0.05) is 0 Å². The van der Waals surface area contributed by atoms with Gasteiger partial charge in [0.2, 0.25) is 0 Å². The minimum absolute atomic E-state index is 1.19. The van der Waals surface area contributed by atoms with Gasteiger partial charge >= 0.3 is 23.5 Å². The molecule has 0 rings (SSSR count). The molecule has 0 bridgehead atoms. The van der Waals surface area contributed by atoms with E-state index >= 15 is 0 Å². The van der Waals surface area contributed by atoms with Crippen LogP contribution < -0.4 is 0 Å². The monoisotopic (exact) mass is 1200 g/mol. The van der Waals surface area contributed by atoms with Crippen LogP contribution in [0.3, 0.4) is 0 Å². The van der Waals surface area contributed by atoms with Gasteiger partial charge in [-0.15, -0.1) is 0 Å². The maximum absolute atomic E-state index is 8.88. The van der Waals surface area contributed by atoms with E-state index in [2.05, 4.69) is 231 Å². The lowest BCUT2D eigenvalue weighted by atomic mass is 10.5. The summed E-state index contributed by atoms with van der Waals surface area (Å²) in [7, 11) is -13.9. The van der Waals surface area contributed by atoms with Crippen molar-refractivity contribution in [1.82, 2.24) is 44.1 Å². The van der Waals surface area contributed by atoms with Crippen molar-refractivity contribution in [2.75, 3.05) is 177 Å². The molecule has 0 aliphatic heterocycles. The van der Waals surface area contributed by atoms with E-state index in [9.17, 15) is 0 Å². The first-order valence-corrected chi connectivity index (χ1v) is 34.7. The summed E-state index contributed by atoms with van der Waals surface area (Å²) in [5.41, 5.74) is 0. The van der Waals surface area contributed by atoms with E-state index in [1.165, 1.54) is 177 Å². The van der Waals surface area contributed by atoms with Crippen molar-refractivity contribution in [3.63, 3.8) is 0 Å². The summed E-state index contributed by atoms with van der Waals surface area (Å²) >= 11 is 0. The van der Waals surface area contributed by atoms with Crippen LogP contribution in [0.1, 0.15) is 187 Å². The van der Waals surface area contributed by atoms with Crippen molar-refractivity contribution in [2.45, 2.75) is 187 Å². The van der Waals surface area contributed by atoms with Crippen molar-refractivity contribution >= 4 is 23.5 Å². The number of hydrogen-bond donors (Lipinski definition) is 9. The Hall–Kier alpha value is -0.0300. The molecular formula is C54H144N9O12P3. The topological polar surface area (TPSA) is 262 Å². The predicted octanol–water partition coefficient (Wildman–Crippen LogP) is 9.35. The molecule has 0 amide bonds. The molecule has 0 heterocycles. The third-order valence-electron chi connectivity index (χ3n) is 12.1. The van der Waals surface area contributed by atoms with Gasteiger partial charge in [-0.3, -0.25) is 0 Å². The Balaban J connectivity index is -0.0000000610. The van der Waals surface area contributed by atoms with Gasteiger partial charge in [-0.05, 0) is 177 Å². The average Bonchev–Trinajstić information content (AvgIpc) is 3.39. The summed E-state index contributed by atoms with van der Waals surface area (Å²) in [5.74, 6) is 0. The Morgan fingerprint density at radius 1 is 0.154 bits per heavy atom. The first-order chi connectivity index (χ1) is 36.1. The second-order valence-electron chi connectivity index (χ2n) is 16.1. The Morgan fingerprint density at radius 2 is 0.179 bits per heavy atom. The highest BCUT2D eigenvalue weighted by molar-refractivity contribution is 7.45. The molecule has 0 saturated heterocycles.